The summed E-state index contributed by atoms with van der Waals surface area (Å²) >= 11 is 6.00. The Morgan fingerprint density at radius 1 is 0.970 bits per heavy atom. The average Bonchev–Trinajstić information content (AvgIpc) is 2.86. The number of carbonyl (C=O) groups is 1. The normalized spacial score (nSPS) is 19.2. The van der Waals surface area contributed by atoms with Gasteiger partial charge in [-0.3, -0.25) is 9.59 Å². The van der Waals surface area contributed by atoms with E-state index in [2.05, 4.69) is 9.88 Å². The van der Waals surface area contributed by atoms with Crippen LogP contribution in [0.2, 0.25) is 5.02 Å². The monoisotopic (exact) mass is 465 g/mol. The molecule has 1 atom stereocenters. The Kier molecular flexibility index (Phi) is 5.98. The van der Waals surface area contributed by atoms with E-state index in [1.54, 1.807) is 11.6 Å². The highest BCUT2D eigenvalue weighted by Crippen LogP contribution is 2.25. The fourth-order valence-corrected chi connectivity index (χ4v) is 5.06. The van der Waals surface area contributed by atoms with Gasteiger partial charge in [-0.15, -0.1) is 0 Å². The predicted octanol–water partition coefficient (Wildman–Crippen LogP) is 3.15. The standard InChI is InChI=1S/C25H28ClN5O2/c1-28-22-7-3-2-6-21(22)27-23(25(28)33)31-12-4-5-18(17-31)24(32)30-15-13-29(14-16-30)20-10-8-19(26)9-11-20/h2-3,6-11,18H,4-5,12-17H2,1H3/t18-/m1/s1. The zero-order valence-corrected chi connectivity index (χ0v) is 19.5. The minimum Gasteiger partial charge on any atom is -0.368 e. The van der Waals surface area contributed by atoms with Crippen LogP contribution in [0, 0.1) is 5.92 Å². The number of aryl methyl sites for hydroxylation is 1. The van der Waals surface area contributed by atoms with Crippen molar-refractivity contribution in [2.24, 2.45) is 13.0 Å². The summed E-state index contributed by atoms with van der Waals surface area (Å²) in [6.07, 6.45) is 1.72. The van der Waals surface area contributed by atoms with Crippen LogP contribution in [-0.4, -0.2) is 59.6 Å². The number of piperazine rings is 1. The molecule has 2 aliphatic heterocycles. The zero-order chi connectivity index (χ0) is 22.9. The molecule has 2 aliphatic rings. The summed E-state index contributed by atoms with van der Waals surface area (Å²) in [5.74, 6) is 0.521. The van der Waals surface area contributed by atoms with E-state index < -0.39 is 0 Å². The number of nitrogens with zero attached hydrogens (tertiary/aromatic N) is 5. The highest BCUT2D eigenvalue weighted by Gasteiger charge is 2.32. The number of carbonyl (C=O) groups excluding carboxylic acids is 1. The molecule has 8 heteroatoms. The minimum atomic E-state index is -0.113. The fraction of sp³-hybridized carbons (Fsp3) is 0.400. The summed E-state index contributed by atoms with van der Waals surface area (Å²) in [6.45, 7) is 4.29. The Labute approximate surface area is 198 Å². The molecule has 2 fully saturated rings. The number of para-hydroxylation sites is 2. The van der Waals surface area contributed by atoms with Crippen LogP contribution in [0.3, 0.4) is 0 Å². The van der Waals surface area contributed by atoms with Gasteiger partial charge in [-0.25, -0.2) is 4.98 Å². The molecule has 172 valence electrons. The van der Waals surface area contributed by atoms with Crippen molar-refractivity contribution in [2.75, 3.05) is 49.1 Å². The molecular weight excluding hydrogens is 438 g/mol. The van der Waals surface area contributed by atoms with Gasteiger partial charge in [-0.2, -0.15) is 0 Å². The number of benzene rings is 2. The van der Waals surface area contributed by atoms with Crippen LogP contribution in [0.4, 0.5) is 11.5 Å². The van der Waals surface area contributed by atoms with E-state index in [1.165, 1.54) is 0 Å². The number of fused-ring (bicyclic) bond motifs is 1. The molecule has 0 spiro atoms. The topological polar surface area (TPSA) is 61.7 Å². The van der Waals surface area contributed by atoms with Crippen molar-refractivity contribution in [2.45, 2.75) is 12.8 Å². The van der Waals surface area contributed by atoms with Crippen molar-refractivity contribution in [1.29, 1.82) is 0 Å². The Hall–Kier alpha value is -3.06. The van der Waals surface area contributed by atoms with Gasteiger partial charge >= 0.3 is 0 Å². The number of amides is 1. The Balaban J connectivity index is 1.27. The first-order valence-electron chi connectivity index (χ1n) is 11.5. The zero-order valence-electron chi connectivity index (χ0n) is 18.8. The Morgan fingerprint density at radius 3 is 2.45 bits per heavy atom. The second-order valence-corrected chi connectivity index (χ2v) is 9.30. The van der Waals surface area contributed by atoms with Gasteiger partial charge in [-0.05, 0) is 49.2 Å². The van der Waals surface area contributed by atoms with E-state index in [1.807, 2.05) is 58.3 Å². The third-order valence-electron chi connectivity index (χ3n) is 6.82. The van der Waals surface area contributed by atoms with E-state index >= 15 is 0 Å². The summed E-state index contributed by atoms with van der Waals surface area (Å²) in [6, 6.07) is 15.5. The van der Waals surface area contributed by atoms with Gasteiger partial charge in [0.25, 0.3) is 5.56 Å². The number of aromatic nitrogens is 2. The first kappa shape index (κ1) is 21.8. The van der Waals surface area contributed by atoms with E-state index in [-0.39, 0.29) is 17.4 Å². The van der Waals surface area contributed by atoms with E-state index in [4.69, 9.17) is 11.6 Å². The molecule has 0 aliphatic carbocycles. The number of rotatable bonds is 3. The quantitative estimate of drug-likeness (QED) is 0.594. The van der Waals surface area contributed by atoms with Crippen molar-refractivity contribution in [1.82, 2.24) is 14.5 Å². The molecule has 33 heavy (non-hydrogen) atoms. The third-order valence-corrected chi connectivity index (χ3v) is 7.07. The molecule has 3 aromatic rings. The molecule has 1 aromatic heterocycles. The van der Waals surface area contributed by atoms with Gasteiger partial charge in [0.1, 0.15) is 0 Å². The number of halogens is 1. The summed E-state index contributed by atoms with van der Waals surface area (Å²) in [4.78, 5) is 37.3. The molecule has 0 radical (unpaired) electrons. The van der Waals surface area contributed by atoms with Crippen LogP contribution in [-0.2, 0) is 11.8 Å². The highest BCUT2D eigenvalue weighted by molar-refractivity contribution is 6.30. The lowest BCUT2D eigenvalue weighted by molar-refractivity contribution is -0.136. The maximum Gasteiger partial charge on any atom is 0.293 e. The van der Waals surface area contributed by atoms with Crippen LogP contribution in [0.15, 0.2) is 53.3 Å². The van der Waals surface area contributed by atoms with Gasteiger partial charge in [0.2, 0.25) is 5.91 Å². The summed E-state index contributed by atoms with van der Waals surface area (Å²) in [7, 11) is 1.78. The number of hydrogen-bond donors (Lipinski definition) is 0. The summed E-state index contributed by atoms with van der Waals surface area (Å²) in [5, 5.41) is 0.727. The summed E-state index contributed by atoms with van der Waals surface area (Å²) < 4.78 is 1.65. The lowest BCUT2D eigenvalue weighted by Crippen LogP contribution is -2.53. The molecule has 1 amide bonds. The van der Waals surface area contributed by atoms with E-state index in [0.29, 0.717) is 25.5 Å². The SMILES string of the molecule is Cn1c(=O)c(N2CCC[C@@H](C(=O)N3CCN(c4ccc(Cl)cc4)CC3)C2)nc2ccccc21. The highest BCUT2D eigenvalue weighted by atomic mass is 35.5. The van der Waals surface area contributed by atoms with Crippen molar-refractivity contribution >= 4 is 40.0 Å². The van der Waals surface area contributed by atoms with E-state index in [9.17, 15) is 9.59 Å². The fourth-order valence-electron chi connectivity index (χ4n) is 4.94. The van der Waals surface area contributed by atoms with Crippen molar-refractivity contribution in [3.63, 3.8) is 0 Å². The maximum absolute atomic E-state index is 13.3. The number of piperidine rings is 1. The second kappa shape index (κ2) is 9.06. The van der Waals surface area contributed by atoms with E-state index in [0.717, 1.165) is 54.2 Å². The average molecular weight is 466 g/mol. The largest absolute Gasteiger partial charge is 0.368 e. The smallest absolute Gasteiger partial charge is 0.293 e. The maximum atomic E-state index is 13.3. The van der Waals surface area contributed by atoms with Crippen molar-refractivity contribution in [3.05, 3.63) is 63.9 Å². The Bertz CT molecular complexity index is 1220. The number of hydrogen-bond acceptors (Lipinski definition) is 5. The molecule has 5 rings (SSSR count). The third kappa shape index (κ3) is 4.29. The van der Waals surface area contributed by atoms with Crippen LogP contribution in [0.1, 0.15) is 12.8 Å². The predicted molar refractivity (Wildman–Crippen MR) is 132 cm³/mol. The van der Waals surface area contributed by atoms with Crippen LogP contribution >= 0.6 is 11.6 Å². The molecule has 0 unspecified atom stereocenters. The molecule has 3 heterocycles. The van der Waals surface area contributed by atoms with Crippen molar-refractivity contribution in [3.8, 4) is 0 Å². The first-order chi connectivity index (χ1) is 16.0. The van der Waals surface area contributed by atoms with Gasteiger partial charge in [0.15, 0.2) is 5.82 Å². The van der Waals surface area contributed by atoms with Crippen LogP contribution < -0.4 is 15.4 Å². The van der Waals surface area contributed by atoms with Gasteiger partial charge in [-0.1, -0.05) is 23.7 Å². The molecule has 2 saturated heterocycles. The van der Waals surface area contributed by atoms with Crippen molar-refractivity contribution < 1.29 is 4.79 Å². The Morgan fingerprint density at radius 2 is 1.70 bits per heavy atom. The van der Waals surface area contributed by atoms with Crippen LogP contribution in [0.5, 0.6) is 0 Å². The number of anilines is 2. The van der Waals surface area contributed by atoms with Crippen LogP contribution in [0.25, 0.3) is 11.0 Å². The molecule has 0 saturated carbocycles. The second-order valence-electron chi connectivity index (χ2n) is 8.86. The molecular formula is C25H28ClN5O2. The van der Waals surface area contributed by atoms with Gasteiger partial charge < -0.3 is 19.3 Å². The lowest BCUT2D eigenvalue weighted by Gasteiger charge is -2.40. The molecule has 0 bridgehead atoms. The summed E-state index contributed by atoms with van der Waals surface area (Å²) in [5.41, 5.74) is 2.63. The lowest BCUT2D eigenvalue weighted by atomic mass is 9.96. The molecule has 2 aromatic carbocycles. The molecule has 0 N–H and O–H groups in total. The first-order valence-corrected chi connectivity index (χ1v) is 11.9. The minimum absolute atomic E-state index is 0.112. The van der Waals surface area contributed by atoms with Gasteiger partial charge in [0.05, 0.1) is 17.0 Å². The van der Waals surface area contributed by atoms with Gasteiger partial charge in [0, 0.05) is 57.0 Å². The molecule has 7 nitrogen and oxygen atoms in total.